The zero-order valence-electron chi connectivity index (χ0n) is 7.53. The van der Waals surface area contributed by atoms with Crippen molar-refractivity contribution in [3.05, 3.63) is 0 Å². The Bertz CT molecular complexity index is 121. The molecule has 78 valence electrons. The summed E-state index contributed by atoms with van der Waals surface area (Å²) in [7, 11) is -7.14. The van der Waals surface area contributed by atoms with Crippen molar-refractivity contribution in [3.8, 4) is 0 Å². The van der Waals surface area contributed by atoms with Crippen LogP contribution in [0.1, 0.15) is 0 Å². The summed E-state index contributed by atoms with van der Waals surface area (Å²) in [4.78, 5) is 27.2. The molecule has 3 atom stereocenters. The Morgan fingerprint density at radius 3 is 0.692 bits per heavy atom. The van der Waals surface area contributed by atoms with E-state index >= 15 is 0 Å². The molecular weight excluding hydrogens is 252 g/mol. The van der Waals surface area contributed by atoms with Gasteiger partial charge in [-0.15, -0.1) is 0 Å². The maximum absolute atomic E-state index is 9.07. The molecule has 0 saturated carbocycles. The van der Waals surface area contributed by atoms with E-state index in [4.69, 9.17) is 28.4 Å². The SMILES string of the molecule is C[PH](=O)[O-].C[PH](=O)[O-].C[PH](=O)[O-].[Al+3]. The predicted octanol–water partition coefficient (Wildman–Crippen LogP) is -2.03. The molecule has 0 heterocycles. The molecule has 0 aromatic carbocycles. The summed E-state index contributed by atoms with van der Waals surface area (Å²) in [5, 5.41) is 0. The van der Waals surface area contributed by atoms with Crippen LogP contribution in [0.5, 0.6) is 0 Å². The first-order valence-electron chi connectivity index (χ1n) is 2.72. The van der Waals surface area contributed by atoms with Crippen molar-refractivity contribution in [3.63, 3.8) is 0 Å². The minimum atomic E-state index is -2.38. The number of hydrogen-bond acceptors (Lipinski definition) is 6. The van der Waals surface area contributed by atoms with Crippen LogP contribution in [-0.4, -0.2) is 37.4 Å². The summed E-state index contributed by atoms with van der Waals surface area (Å²) in [6.45, 7) is 3.47. The molecule has 0 radical (unpaired) electrons. The van der Waals surface area contributed by atoms with Gasteiger partial charge in [-0.1, -0.05) is 0 Å². The molecular formula is C3H12AlO6P3. The van der Waals surface area contributed by atoms with Gasteiger partial charge in [0.15, 0.2) is 0 Å². The van der Waals surface area contributed by atoms with E-state index in [9.17, 15) is 0 Å². The third-order valence-corrected chi connectivity index (χ3v) is 0. The van der Waals surface area contributed by atoms with Gasteiger partial charge in [0.05, 0.1) is 0 Å². The summed E-state index contributed by atoms with van der Waals surface area (Å²) in [6, 6.07) is 0. The average Bonchev–Trinajstić information content (AvgIpc) is 1.54. The summed E-state index contributed by atoms with van der Waals surface area (Å²) < 4.78 is 27.2. The summed E-state index contributed by atoms with van der Waals surface area (Å²) >= 11 is 0. The fourth-order valence-electron chi connectivity index (χ4n) is 0. The third-order valence-electron chi connectivity index (χ3n) is 0. The normalized spacial score (nSPS) is 14.3. The van der Waals surface area contributed by atoms with Crippen LogP contribution in [0.25, 0.3) is 0 Å². The first-order valence-corrected chi connectivity index (χ1v) is 8.17. The Balaban J connectivity index is -0.0000000450. The summed E-state index contributed by atoms with van der Waals surface area (Å²) in [5.74, 6) is 0. The molecule has 0 aliphatic rings. The zero-order valence-corrected chi connectivity index (χ0v) is 11.7. The Hall–Kier alpha value is 1.10. The summed E-state index contributed by atoms with van der Waals surface area (Å²) in [5.41, 5.74) is 0. The Labute approximate surface area is 90.1 Å². The van der Waals surface area contributed by atoms with E-state index in [-0.39, 0.29) is 17.4 Å². The molecule has 3 unspecified atom stereocenters. The van der Waals surface area contributed by atoms with Crippen LogP contribution in [0.3, 0.4) is 0 Å². The average molecular weight is 264 g/mol. The molecule has 6 nitrogen and oxygen atoms in total. The fraction of sp³-hybridized carbons (Fsp3) is 1.00. The van der Waals surface area contributed by atoms with Gasteiger partial charge in [-0.3, -0.25) is 0 Å². The fourth-order valence-corrected chi connectivity index (χ4v) is 0. The van der Waals surface area contributed by atoms with Gasteiger partial charge in [0, 0.05) is 0 Å². The van der Waals surface area contributed by atoms with Crippen LogP contribution in [0.2, 0.25) is 0 Å². The molecule has 0 amide bonds. The number of rotatable bonds is 0. The minimum Gasteiger partial charge on any atom is -0.802 e. The molecule has 0 N–H and O–H groups in total. The molecule has 0 aromatic heterocycles. The van der Waals surface area contributed by atoms with E-state index in [1.807, 2.05) is 0 Å². The standard InChI is InChI=1S/3CH5O2P.Al/c3*1-4(2)3;/h3*4H,1H3,(H,2,3);/q;;;+3/p-3. The Morgan fingerprint density at radius 2 is 0.692 bits per heavy atom. The van der Waals surface area contributed by atoms with E-state index in [1.165, 1.54) is 0 Å². The van der Waals surface area contributed by atoms with Gasteiger partial charge in [0.2, 0.25) is 0 Å². The van der Waals surface area contributed by atoms with Gasteiger partial charge < -0.3 is 28.4 Å². The van der Waals surface area contributed by atoms with Crippen LogP contribution in [0.4, 0.5) is 0 Å². The van der Waals surface area contributed by atoms with Crippen LogP contribution in [0.15, 0.2) is 0 Å². The first kappa shape index (κ1) is 23.7. The van der Waals surface area contributed by atoms with Crippen molar-refractivity contribution >= 4 is 41.4 Å². The van der Waals surface area contributed by atoms with E-state index in [0.29, 0.717) is 0 Å². The summed E-state index contributed by atoms with van der Waals surface area (Å²) in [6.07, 6.45) is 0. The van der Waals surface area contributed by atoms with Crippen molar-refractivity contribution in [2.45, 2.75) is 0 Å². The monoisotopic (exact) mass is 264 g/mol. The topological polar surface area (TPSA) is 120 Å². The van der Waals surface area contributed by atoms with Crippen molar-refractivity contribution in [2.24, 2.45) is 0 Å². The van der Waals surface area contributed by atoms with Crippen LogP contribution >= 0.6 is 24.1 Å². The second kappa shape index (κ2) is 18.8. The van der Waals surface area contributed by atoms with Gasteiger partial charge in [0.25, 0.3) is 0 Å². The molecule has 0 bridgehead atoms. The van der Waals surface area contributed by atoms with Gasteiger partial charge in [-0.2, -0.15) is 0 Å². The molecule has 13 heavy (non-hydrogen) atoms. The molecule has 0 saturated heterocycles. The molecule has 0 rings (SSSR count). The molecule has 0 fully saturated rings. The molecule has 10 heteroatoms. The van der Waals surface area contributed by atoms with Crippen LogP contribution in [0, 0.1) is 0 Å². The number of hydrogen-bond donors (Lipinski definition) is 0. The Kier molecular flexibility index (Phi) is 34.3. The van der Waals surface area contributed by atoms with Crippen molar-refractivity contribution in [1.29, 1.82) is 0 Å². The predicted molar refractivity (Wildman–Crippen MR) is 50.5 cm³/mol. The smallest absolute Gasteiger partial charge is 0.802 e. The van der Waals surface area contributed by atoms with E-state index in [2.05, 4.69) is 0 Å². The largest absolute Gasteiger partial charge is 3.00 e. The van der Waals surface area contributed by atoms with Gasteiger partial charge in [0.1, 0.15) is 0 Å². The second-order valence-electron chi connectivity index (χ2n) is 1.47. The zero-order chi connectivity index (χ0) is 10.7. The molecule has 0 aliphatic heterocycles. The van der Waals surface area contributed by atoms with Crippen molar-refractivity contribution in [2.75, 3.05) is 20.0 Å². The van der Waals surface area contributed by atoms with E-state index in [0.717, 1.165) is 20.0 Å². The third kappa shape index (κ3) is 1330. The van der Waals surface area contributed by atoms with Gasteiger partial charge in [-0.25, -0.2) is 0 Å². The van der Waals surface area contributed by atoms with Crippen LogP contribution < -0.4 is 14.7 Å². The van der Waals surface area contributed by atoms with Crippen LogP contribution in [-0.2, 0) is 13.7 Å². The van der Waals surface area contributed by atoms with E-state index in [1.54, 1.807) is 0 Å². The maximum Gasteiger partial charge on any atom is 3.00 e. The first-order chi connectivity index (χ1) is 5.20. The van der Waals surface area contributed by atoms with Gasteiger partial charge in [-0.05, 0) is 44.1 Å². The molecule has 0 aliphatic carbocycles. The molecule has 0 aromatic rings. The van der Waals surface area contributed by atoms with Crippen molar-refractivity contribution in [1.82, 2.24) is 0 Å². The Morgan fingerprint density at radius 1 is 0.692 bits per heavy atom. The van der Waals surface area contributed by atoms with E-state index < -0.39 is 24.1 Å². The maximum atomic E-state index is 9.07. The van der Waals surface area contributed by atoms with Crippen molar-refractivity contribution < 1.29 is 28.4 Å². The quantitative estimate of drug-likeness (QED) is 0.367. The minimum absolute atomic E-state index is 0. The second-order valence-corrected chi connectivity index (χ2v) is 4.42. The molecule has 0 spiro atoms. The van der Waals surface area contributed by atoms with Gasteiger partial charge >= 0.3 is 17.4 Å².